The molecule has 0 aliphatic carbocycles. The van der Waals surface area contributed by atoms with Crippen molar-refractivity contribution in [1.82, 2.24) is 0 Å². The summed E-state index contributed by atoms with van der Waals surface area (Å²) in [7, 11) is 3.36. The SMILES string of the molecule is COc1cc(C(C)(C)C)c(C(C)(C)C)cc1OC. The summed E-state index contributed by atoms with van der Waals surface area (Å²) in [4.78, 5) is 0. The smallest absolute Gasteiger partial charge is 0.161 e. The first-order valence-electron chi connectivity index (χ1n) is 6.38. The van der Waals surface area contributed by atoms with Crippen LogP contribution >= 0.6 is 0 Å². The summed E-state index contributed by atoms with van der Waals surface area (Å²) < 4.78 is 10.8. The molecule has 0 bridgehead atoms. The summed E-state index contributed by atoms with van der Waals surface area (Å²) in [5, 5.41) is 0. The standard InChI is InChI=1S/C16H26O2/c1-15(2,3)11-9-13(17-7)14(18-8)10-12(11)16(4,5)6/h9-10H,1-8H3. The summed E-state index contributed by atoms with van der Waals surface area (Å²) in [5.74, 6) is 1.60. The largest absolute Gasteiger partial charge is 0.493 e. The van der Waals surface area contributed by atoms with E-state index in [-0.39, 0.29) is 10.8 Å². The monoisotopic (exact) mass is 250 g/mol. The Bertz CT molecular complexity index is 379. The van der Waals surface area contributed by atoms with E-state index >= 15 is 0 Å². The van der Waals surface area contributed by atoms with E-state index in [2.05, 4.69) is 53.7 Å². The molecular formula is C16H26O2. The number of rotatable bonds is 2. The van der Waals surface area contributed by atoms with Gasteiger partial charge in [-0.25, -0.2) is 0 Å². The molecule has 1 aromatic rings. The van der Waals surface area contributed by atoms with E-state index in [0.29, 0.717) is 0 Å². The molecule has 2 heteroatoms. The third-order valence-electron chi connectivity index (χ3n) is 3.14. The van der Waals surface area contributed by atoms with E-state index in [9.17, 15) is 0 Å². The fraction of sp³-hybridized carbons (Fsp3) is 0.625. The van der Waals surface area contributed by atoms with Crippen molar-refractivity contribution in [2.45, 2.75) is 52.4 Å². The van der Waals surface area contributed by atoms with Gasteiger partial charge in [-0.2, -0.15) is 0 Å². The van der Waals surface area contributed by atoms with Gasteiger partial charge in [0.05, 0.1) is 14.2 Å². The van der Waals surface area contributed by atoms with Crippen molar-refractivity contribution in [3.05, 3.63) is 23.3 Å². The van der Waals surface area contributed by atoms with Crippen molar-refractivity contribution < 1.29 is 9.47 Å². The minimum atomic E-state index is 0.0855. The zero-order chi connectivity index (χ0) is 14.1. The molecule has 0 unspecified atom stereocenters. The van der Waals surface area contributed by atoms with Gasteiger partial charge in [0.25, 0.3) is 0 Å². The van der Waals surface area contributed by atoms with Gasteiger partial charge in [-0.1, -0.05) is 41.5 Å². The summed E-state index contributed by atoms with van der Waals surface area (Å²) in [6, 6.07) is 4.22. The second-order valence-corrected chi connectivity index (χ2v) is 6.75. The Labute approximate surface area is 111 Å². The van der Waals surface area contributed by atoms with Crippen LogP contribution in [0.2, 0.25) is 0 Å². The Morgan fingerprint density at radius 1 is 0.667 bits per heavy atom. The van der Waals surface area contributed by atoms with E-state index in [0.717, 1.165) is 11.5 Å². The average Bonchev–Trinajstić information content (AvgIpc) is 2.24. The Balaban J connectivity index is 3.57. The first-order valence-corrected chi connectivity index (χ1v) is 6.38. The molecule has 0 amide bonds. The molecule has 0 saturated carbocycles. The maximum atomic E-state index is 5.41. The highest BCUT2D eigenvalue weighted by molar-refractivity contribution is 5.51. The van der Waals surface area contributed by atoms with Crippen LogP contribution in [-0.2, 0) is 10.8 Å². The van der Waals surface area contributed by atoms with Crippen molar-refractivity contribution in [2.24, 2.45) is 0 Å². The first-order chi connectivity index (χ1) is 8.11. The molecule has 102 valence electrons. The minimum absolute atomic E-state index is 0.0855. The van der Waals surface area contributed by atoms with E-state index in [1.54, 1.807) is 14.2 Å². The van der Waals surface area contributed by atoms with Gasteiger partial charge in [-0.05, 0) is 34.1 Å². The number of methoxy groups -OCH3 is 2. The zero-order valence-corrected chi connectivity index (χ0v) is 13.0. The lowest BCUT2D eigenvalue weighted by Crippen LogP contribution is -2.22. The number of hydrogen-bond acceptors (Lipinski definition) is 2. The Morgan fingerprint density at radius 3 is 1.11 bits per heavy atom. The Morgan fingerprint density at radius 2 is 0.944 bits per heavy atom. The van der Waals surface area contributed by atoms with Gasteiger partial charge >= 0.3 is 0 Å². The number of benzene rings is 1. The van der Waals surface area contributed by atoms with Crippen molar-refractivity contribution in [3.63, 3.8) is 0 Å². The van der Waals surface area contributed by atoms with Crippen LogP contribution in [0.25, 0.3) is 0 Å². The van der Waals surface area contributed by atoms with E-state index in [4.69, 9.17) is 9.47 Å². The van der Waals surface area contributed by atoms with E-state index < -0.39 is 0 Å². The lowest BCUT2D eigenvalue weighted by atomic mass is 9.75. The fourth-order valence-electron chi connectivity index (χ4n) is 2.12. The highest BCUT2D eigenvalue weighted by Gasteiger charge is 2.27. The van der Waals surface area contributed by atoms with Crippen LogP contribution in [0.3, 0.4) is 0 Å². The van der Waals surface area contributed by atoms with Crippen molar-refractivity contribution in [2.75, 3.05) is 14.2 Å². The normalized spacial score (nSPS) is 12.4. The predicted octanol–water partition coefficient (Wildman–Crippen LogP) is 4.30. The molecule has 18 heavy (non-hydrogen) atoms. The summed E-state index contributed by atoms with van der Waals surface area (Å²) in [6.07, 6.45) is 0. The molecule has 0 aliphatic heterocycles. The molecule has 0 spiro atoms. The maximum absolute atomic E-state index is 5.41. The summed E-state index contributed by atoms with van der Waals surface area (Å²) in [6.45, 7) is 13.4. The highest BCUT2D eigenvalue weighted by Crippen LogP contribution is 2.40. The summed E-state index contributed by atoms with van der Waals surface area (Å²) >= 11 is 0. The molecule has 0 heterocycles. The molecule has 2 nitrogen and oxygen atoms in total. The van der Waals surface area contributed by atoms with Gasteiger partial charge in [0, 0.05) is 0 Å². The van der Waals surface area contributed by atoms with Gasteiger partial charge in [0.2, 0.25) is 0 Å². The Kier molecular flexibility index (Phi) is 3.99. The zero-order valence-electron chi connectivity index (χ0n) is 13.0. The van der Waals surface area contributed by atoms with Crippen molar-refractivity contribution in [1.29, 1.82) is 0 Å². The maximum Gasteiger partial charge on any atom is 0.161 e. The summed E-state index contributed by atoms with van der Waals surface area (Å²) in [5.41, 5.74) is 2.80. The van der Waals surface area contributed by atoms with Gasteiger partial charge in [0.15, 0.2) is 11.5 Å². The highest BCUT2D eigenvalue weighted by atomic mass is 16.5. The molecule has 0 fully saturated rings. The van der Waals surface area contributed by atoms with Gasteiger partial charge < -0.3 is 9.47 Å². The molecule has 0 radical (unpaired) electrons. The Hall–Kier alpha value is -1.18. The van der Waals surface area contributed by atoms with Gasteiger partial charge in [-0.3, -0.25) is 0 Å². The second kappa shape index (κ2) is 4.83. The first kappa shape index (κ1) is 14.9. The molecule has 0 aliphatic rings. The second-order valence-electron chi connectivity index (χ2n) is 6.75. The molecule has 0 atom stereocenters. The molecular weight excluding hydrogens is 224 g/mol. The topological polar surface area (TPSA) is 18.5 Å². The van der Waals surface area contributed by atoms with Crippen LogP contribution in [0, 0.1) is 0 Å². The lowest BCUT2D eigenvalue weighted by molar-refractivity contribution is 0.351. The third kappa shape index (κ3) is 2.98. The van der Waals surface area contributed by atoms with E-state index in [1.165, 1.54) is 11.1 Å². The van der Waals surface area contributed by atoms with Crippen LogP contribution in [-0.4, -0.2) is 14.2 Å². The van der Waals surface area contributed by atoms with E-state index in [1.807, 2.05) is 0 Å². The molecule has 0 N–H and O–H groups in total. The quantitative estimate of drug-likeness (QED) is 0.779. The molecule has 0 aromatic heterocycles. The predicted molar refractivity (Wildman–Crippen MR) is 76.9 cm³/mol. The fourth-order valence-corrected chi connectivity index (χ4v) is 2.12. The number of ether oxygens (including phenoxy) is 2. The van der Waals surface area contributed by atoms with Crippen LogP contribution in [0.15, 0.2) is 12.1 Å². The third-order valence-corrected chi connectivity index (χ3v) is 3.14. The van der Waals surface area contributed by atoms with Crippen LogP contribution in [0.4, 0.5) is 0 Å². The van der Waals surface area contributed by atoms with Crippen LogP contribution in [0.1, 0.15) is 52.7 Å². The van der Waals surface area contributed by atoms with Crippen LogP contribution in [0.5, 0.6) is 11.5 Å². The molecule has 1 rings (SSSR count). The number of hydrogen-bond donors (Lipinski definition) is 0. The van der Waals surface area contributed by atoms with Gasteiger partial charge in [-0.15, -0.1) is 0 Å². The lowest BCUT2D eigenvalue weighted by Gasteiger charge is -2.31. The van der Waals surface area contributed by atoms with Crippen molar-refractivity contribution in [3.8, 4) is 11.5 Å². The van der Waals surface area contributed by atoms with Crippen molar-refractivity contribution >= 4 is 0 Å². The molecule has 1 aromatic carbocycles. The minimum Gasteiger partial charge on any atom is -0.493 e. The molecule has 0 saturated heterocycles. The van der Waals surface area contributed by atoms with Crippen LogP contribution < -0.4 is 9.47 Å². The van der Waals surface area contributed by atoms with Gasteiger partial charge in [0.1, 0.15) is 0 Å². The average molecular weight is 250 g/mol.